The SMILES string of the molecule is CN(CC1CC1)c1cccc(F)c1/C=C/C(=O)O. The van der Waals surface area contributed by atoms with E-state index in [2.05, 4.69) is 0 Å². The Labute approximate surface area is 106 Å². The second-order valence-electron chi connectivity index (χ2n) is 4.67. The number of nitrogens with zero attached hydrogens (tertiary/aromatic N) is 1. The minimum absolute atomic E-state index is 0.336. The third kappa shape index (κ3) is 3.09. The van der Waals surface area contributed by atoms with Crippen LogP contribution in [0.2, 0.25) is 0 Å². The van der Waals surface area contributed by atoms with E-state index < -0.39 is 11.8 Å². The van der Waals surface area contributed by atoms with E-state index in [0.29, 0.717) is 11.5 Å². The number of halogens is 1. The van der Waals surface area contributed by atoms with Crippen LogP contribution in [-0.4, -0.2) is 24.7 Å². The fourth-order valence-corrected chi connectivity index (χ4v) is 1.96. The topological polar surface area (TPSA) is 40.5 Å². The number of carbonyl (C=O) groups is 1. The summed E-state index contributed by atoms with van der Waals surface area (Å²) in [6.45, 7) is 0.886. The predicted octanol–water partition coefficient (Wildman–Crippen LogP) is 2.77. The van der Waals surface area contributed by atoms with E-state index in [4.69, 9.17) is 5.11 Å². The Morgan fingerprint density at radius 1 is 1.56 bits per heavy atom. The van der Waals surface area contributed by atoms with Crippen LogP contribution in [0.5, 0.6) is 0 Å². The molecule has 18 heavy (non-hydrogen) atoms. The Morgan fingerprint density at radius 2 is 2.28 bits per heavy atom. The van der Waals surface area contributed by atoms with Crippen LogP contribution >= 0.6 is 0 Å². The van der Waals surface area contributed by atoms with Gasteiger partial charge in [0.15, 0.2) is 0 Å². The lowest BCUT2D eigenvalue weighted by Gasteiger charge is -2.21. The standard InChI is InChI=1S/C14H16FNO2/c1-16(9-10-5-6-10)13-4-2-3-12(15)11(13)7-8-14(17)18/h2-4,7-8,10H,5-6,9H2,1H3,(H,17,18)/b8-7+. The Bertz CT molecular complexity index is 481. The molecular formula is C14H16FNO2. The van der Waals surface area contributed by atoms with Crippen molar-refractivity contribution in [3.63, 3.8) is 0 Å². The summed E-state index contributed by atoms with van der Waals surface area (Å²) in [5.74, 6) is -0.781. The van der Waals surface area contributed by atoms with E-state index in [0.717, 1.165) is 18.3 Å². The fraction of sp³-hybridized carbons (Fsp3) is 0.357. The molecule has 1 saturated carbocycles. The maximum atomic E-state index is 13.7. The smallest absolute Gasteiger partial charge is 0.328 e. The monoisotopic (exact) mass is 249 g/mol. The van der Waals surface area contributed by atoms with Crippen LogP contribution in [0, 0.1) is 11.7 Å². The molecule has 0 aromatic heterocycles. The molecule has 1 aromatic rings. The normalized spacial score (nSPS) is 15.0. The van der Waals surface area contributed by atoms with Crippen LogP contribution in [0.4, 0.5) is 10.1 Å². The zero-order valence-corrected chi connectivity index (χ0v) is 10.3. The Balaban J connectivity index is 2.26. The molecule has 0 atom stereocenters. The first-order valence-corrected chi connectivity index (χ1v) is 5.98. The van der Waals surface area contributed by atoms with Gasteiger partial charge in [0.1, 0.15) is 5.82 Å². The van der Waals surface area contributed by atoms with Crippen LogP contribution in [0.15, 0.2) is 24.3 Å². The molecule has 0 aliphatic heterocycles. The van der Waals surface area contributed by atoms with Crippen LogP contribution in [0.1, 0.15) is 18.4 Å². The molecule has 1 aliphatic carbocycles. The van der Waals surface area contributed by atoms with Gasteiger partial charge in [-0.3, -0.25) is 0 Å². The maximum Gasteiger partial charge on any atom is 0.328 e. The molecule has 0 saturated heterocycles. The van der Waals surface area contributed by atoms with Gasteiger partial charge < -0.3 is 10.0 Å². The predicted molar refractivity (Wildman–Crippen MR) is 69.1 cm³/mol. The lowest BCUT2D eigenvalue weighted by atomic mass is 10.1. The zero-order valence-electron chi connectivity index (χ0n) is 10.3. The van der Waals surface area contributed by atoms with Crippen molar-refractivity contribution in [2.75, 3.05) is 18.5 Å². The highest BCUT2D eigenvalue weighted by Gasteiger charge is 2.23. The van der Waals surface area contributed by atoms with Crippen molar-refractivity contribution in [2.45, 2.75) is 12.8 Å². The molecule has 0 unspecified atom stereocenters. The van der Waals surface area contributed by atoms with E-state index in [1.165, 1.54) is 25.0 Å². The summed E-state index contributed by atoms with van der Waals surface area (Å²) in [5.41, 5.74) is 1.07. The number of hydrogen-bond acceptors (Lipinski definition) is 2. The summed E-state index contributed by atoms with van der Waals surface area (Å²) >= 11 is 0. The molecular weight excluding hydrogens is 233 g/mol. The highest BCUT2D eigenvalue weighted by atomic mass is 19.1. The summed E-state index contributed by atoms with van der Waals surface area (Å²) in [6, 6.07) is 4.80. The van der Waals surface area contributed by atoms with Crippen molar-refractivity contribution < 1.29 is 14.3 Å². The van der Waals surface area contributed by atoms with Crippen LogP contribution in [0.25, 0.3) is 6.08 Å². The molecule has 1 N–H and O–H groups in total. The molecule has 1 aliphatic rings. The van der Waals surface area contributed by atoms with E-state index in [9.17, 15) is 9.18 Å². The first-order valence-electron chi connectivity index (χ1n) is 5.98. The van der Waals surface area contributed by atoms with E-state index in [1.54, 1.807) is 6.07 Å². The van der Waals surface area contributed by atoms with Gasteiger partial charge in [-0.2, -0.15) is 0 Å². The van der Waals surface area contributed by atoms with Gasteiger partial charge in [-0.05, 0) is 37.0 Å². The van der Waals surface area contributed by atoms with E-state index in [1.807, 2.05) is 18.0 Å². The average molecular weight is 249 g/mol. The molecule has 3 nitrogen and oxygen atoms in total. The largest absolute Gasteiger partial charge is 0.478 e. The van der Waals surface area contributed by atoms with Crippen molar-refractivity contribution in [2.24, 2.45) is 5.92 Å². The number of rotatable bonds is 5. The lowest BCUT2D eigenvalue weighted by Crippen LogP contribution is -2.21. The van der Waals surface area contributed by atoms with Crippen molar-refractivity contribution in [1.82, 2.24) is 0 Å². The summed E-state index contributed by atoms with van der Waals surface area (Å²) in [6.07, 6.45) is 4.73. The number of benzene rings is 1. The van der Waals surface area contributed by atoms with Crippen molar-refractivity contribution in [1.29, 1.82) is 0 Å². The molecule has 0 radical (unpaired) electrons. The number of carboxylic acids is 1. The van der Waals surface area contributed by atoms with E-state index in [-0.39, 0.29) is 0 Å². The number of aliphatic carboxylic acids is 1. The molecule has 0 bridgehead atoms. The first-order chi connectivity index (χ1) is 8.58. The van der Waals surface area contributed by atoms with Gasteiger partial charge in [0, 0.05) is 30.9 Å². The summed E-state index contributed by atoms with van der Waals surface area (Å²) < 4.78 is 13.7. The van der Waals surface area contributed by atoms with Crippen molar-refractivity contribution in [3.8, 4) is 0 Å². The number of anilines is 1. The van der Waals surface area contributed by atoms with Gasteiger partial charge in [-0.1, -0.05) is 6.07 Å². The molecule has 2 rings (SSSR count). The van der Waals surface area contributed by atoms with Crippen LogP contribution in [-0.2, 0) is 4.79 Å². The minimum Gasteiger partial charge on any atom is -0.478 e. The van der Waals surface area contributed by atoms with Crippen LogP contribution in [0.3, 0.4) is 0 Å². The molecule has 0 heterocycles. The second kappa shape index (κ2) is 5.21. The van der Waals surface area contributed by atoms with Gasteiger partial charge in [-0.15, -0.1) is 0 Å². The molecule has 96 valence electrons. The molecule has 4 heteroatoms. The first kappa shape index (κ1) is 12.6. The average Bonchev–Trinajstić information content (AvgIpc) is 3.10. The summed E-state index contributed by atoms with van der Waals surface area (Å²) in [7, 11) is 1.91. The Hall–Kier alpha value is -1.84. The van der Waals surface area contributed by atoms with Crippen molar-refractivity contribution >= 4 is 17.7 Å². The fourth-order valence-electron chi connectivity index (χ4n) is 1.96. The molecule has 1 fully saturated rings. The second-order valence-corrected chi connectivity index (χ2v) is 4.67. The molecule has 0 spiro atoms. The van der Waals surface area contributed by atoms with Crippen molar-refractivity contribution in [3.05, 3.63) is 35.7 Å². The van der Waals surface area contributed by atoms with Gasteiger partial charge in [-0.25, -0.2) is 9.18 Å². The van der Waals surface area contributed by atoms with E-state index >= 15 is 0 Å². The van der Waals surface area contributed by atoms with Gasteiger partial charge in [0.25, 0.3) is 0 Å². The van der Waals surface area contributed by atoms with Gasteiger partial charge >= 0.3 is 5.97 Å². The third-order valence-corrected chi connectivity index (χ3v) is 3.06. The quantitative estimate of drug-likeness (QED) is 0.816. The molecule has 1 aromatic carbocycles. The summed E-state index contributed by atoms with van der Waals surface area (Å²) in [4.78, 5) is 12.5. The number of carboxylic acid groups (broad SMARTS) is 1. The minimum atomic E-state index is -1.07. The molecule has 0 amide bonds. The Kier molecular flexibility index (Phi) is 3.65. The Morgan fingerprint density at radius 3 is 2.89 bits per heavy atom. The maximum absolute atomic E-state index is 13.7. The number of hydrogen-bond donors (Lipinski definition) is 1. The van der Waals surface area contributed by atoms with Crippen LogP contribution < -0.4 is 4.90 Å². The summed E-state index contributed by atoms with van der Waals surface area (Å²) in [5, 5.41) is 8.63. The highest BCUT2D eigenvalue weighted by molar-refractivity contribution is 5.87. The lowest BCUT2D eigenvalue weighted by molar-refractivity contribution is -0.131. The highest BCUT2D eigenvalue weighted by Crippen LogP contribution is 2.32. The zero-order chi connectivity index (χ0) is 13.1. The van der Waals surface area contributed by atoms with Gasteiger partial charge in [0.05, 0.1) is 0 Å². The van der Waals surface area contributed by atoms with Gasteiger partial charge in [0.2, 0.25) is 0 Å². The third-order valence-electron chi connectivity index (χ3n) is 3.06.